The molecule has 0 saturated heterocycles. The lowest BCUT2D eigenvalue weighted by atomic mass is 10.0. The Hall–Kier alpha value is -2.71. The number of anilines is 1. The first-order chi connectivity index (χ1) is 13.7. The number of carboxylic acids is 1. The van der Waals surface area contributed by atoms with E-state index in [4.69, 9.17) is 0 Å². The zero-order chi connectivity index (χ0) is 21.2. The van der Waals surface area contributed by atoms with Crippen LogP contribution in [0.25, 0.3) is 11.3 Å². The van der Waals surface area contributed by atoms with Crippen LogP contribution in [0.15, 0.2) is 58.8 Å². The largest absolute Gasteiger partial charge is 0.480 e. The van der Waals surface area contributed by atoms with Crippen LogP contribution >= 0.6 is 11.3 Å². The van der Waals surface area contributed by atoms with E-state index in [0.29, 0.717) is 11.6 Å². The Balaban J connectivity index is 1.98. The Kier molecular flexibility index (Phi) is 6.04. The maximum Gasteiger partial charge on any atom is 0.324 e. The van der Waals surface area contributed by atoms with Gasteiger partial charge in [-0.3, -0.25) is 4.79 Å². The Bertz CT molecular complexity index is 1100. The summed E-state index contributed by atoms with van der Waals surface area (Å²) in [5.41, 5.74) is 3.56. The first kappa shape index (κ1) is 21.0. The van der Waals surface area contributed by atoms with Crippen LogP contribution in [0.3, 0.4) is 0 Å². The fourth-order valence-electron chi connectivity index (χ4n) is 2.77. The van der Waals surface area contributed by atoms with Crippen LogP contribution in [0, 0.1) is 6.92 Å². The van der Waals surface area contributed by atoms with Crippen LogP contribution in [-0.4, -0.2) is 31.0 Å². The summed E-state index contributed by atoms with van der Waals surface area (Å²) in [5, 5.41) is 11.1. The Labute approximate surface area is 174 Å². The van der Waals surface area contributed by atoms with Gasteiger partial charge in [0.15, 0.2) is 0 Å². The molecule has 0 spiro atoms. The highest BCUT2D eigenvalue weighted by Crippen LogP contribution is 2.31. The molecule has 152 valence electrons. The zero-order valence-electron chi connectivity index (χ0n) is 16.4. The normalized spacial score (nSPS) is 11.6. The van der Waals surface area contributed by atoms with Crippen LogP contribution in [0.5, 0.6) is 0 Å². The van der Waals surface area contributed by atoms with Crippen LogP contribution < -0.4 is 4.31 Å². The third kappa shape index (κ3) is 4.65. The molecule has 0 atom stereocenters. The highest BCUT2D eigenvalue weighted by molar-refractivity contribution is 7.93. The van der Waals surface area contributed by atoms with Gasteiger partial charge in [0.05, 0.1) is 10.6 Å². The Morgan fingerprint density at radius 1 is 1.10 bits per heavy atom. The highest BCUT2D eigenvalue weighted by atomic mass is 32.2. The summed E-state index contributed by atoms with van der Waals surface area (Å²) in [7, 11) is -4.05. The second-order valence-corrected chi connectivity index (χ2v) is 9.71. The average molecular weight is 431 g/mol. The summed E-state index contributed by atoms with van der Waals surface area (Å²) in [6.07, 6.45) is 0. The summed E-state index contributed by atoms with van der Waals surface area (Å²) < 4.78 is 27.0. The van der Waals surface area contributed by atoms with Gasteiger partial charge in [0.1, 0.15) is 6.54 Å². The van der Waals surface area contributed by atoms with E-state index in [-0.39, 0.29) is 10.0 Å². The average Bonchev–Trinajstić information content (AvgIpc) is 3.16. The molecule has 8 heteroatoms. The molecule has 0 unspecified atom stereocenters. The van der Waals surface area contributed by atoms with Gasteiger partial charge < -0.3 is 5.11 Å². The minimum atomic E-state index is -4.05. The Morgan fingerprint density at radius 3 is 2.28 bits per heavy atom. The van der Waals surface area contributed by atoms with E-state index in [1.165, 1.54) is 17.7 Å². The molecule has 0 bridgehead atoms. The number of rotatable bonds is 7. The van der Waals surface area contributed by atoms with Crippen molar-refractivity contribution in [2.45, 2.75) is 31.6 Å². The van der Waals surface area contributed by atoms with Gasteiger partial charge in [-0.2, -0.15) is 0 Å². The van der Waals surface area contributed by atoms with Gasteiger partial charge in [0.2, 0.25) is 5.13 Å². The van der Waals surface area contributed by atoms with E-state index in [9.17, 15) is 18.3 Å². The summed E-state index contributed by atoms with van der Waals surface area (Å²) in [5.74, 6) is -0.848. The first-order valence-corrected chi connectivity index (χ1v) is 11.4. The molecule has 0 aliphatic heterocycles. The van der Waals surface area contributed by atoms with E-state index >= 15 is 0 Å². The molecule has 1 aromatic heterocycles. The molecule has 6 nitrogen and oxygen atoms in total. The summed E-state index contributed by atoms with van der Waals surface area (Å²) in [6.45, 7) is 5.36. The molecule has 1 heterocycles. The van der Waals surface area contributed by atoms with Crippen molar-refractivity contribution in [1.82, 2.24) is 4.98 Å². The van der Waals surface area contributed by atoms with Crippen molar-refractivity contribution in [1.29, 1.82) is 0 Å². The van der Waals surface area contributed by atoms with Crippen molar-refractivity contribution in [3.8, 4) is 11.3 Å². The molecule has 0 fully saturated rings. The second-order valence-electron chi connectivity index (χ2n) is 7.01. The number of aryl methyl sites for hydroxylation is 1. The molecule has 0 radical (unpaired) electrons. The van der Waals surface area contributed by atoms with Gasteiger partial charge >= 0.3 is 5.97 Å². The third-order valence-electron chi connectivity index (χ3n) is 4.47. The molecule has 0 aliphatic rings. The number of benzene rings is 2. The minimum Gasteiger partial charge on any atom is -0.480 e. The van der Waals surface area contributed by atoms with E-state index in [0.717, 1.165) is 26.8 Å². The molecule has 0 amide bonds. The van der Waals surface area contributed by atoms with E-state index < -0.39 is 22.5 Å². The van der Waals surface area contributed by atoms with Crippen LogP contribution in [0.1, 0.15) is 30.9 Å². The van der Waals surface area contributed by atoms with Crippen molar-refractivity contribution >= 4 is 32.5 Å². The molecular weight excluding hydrogens is 408 g/mol. The van der Waals surface area contributed by atoms with Gasteiger partial charge in [0.25, 0.3) is 10.0 Å². The number of hydrogen-bond acceptors (Lipinski definition) is 5. The summed E-state index contributed by atoms with van der Waals surface area (Å²) >= 11 is 1.10. The van der Waals surface area contributed by atoms with Crippen LogP contribution in [0.4, 0.5) is 5.13 Å². The number of sulfonamides is 1. The van der Waals surface area contributed by atoms with Gasteiger partial charge in [-0.1, -0.05) is 55.8 Å². The van der Waals surface area contributed by atoms with Crippen molar-refractivity contribution < 1.29 is 18.3 Å². The lowest BCUT2D eigenvalue weighted by molar-refractivity contribution is -0.135. The zero-order valence-corrected chi connectivity index (χ0v) is 18.0. The molecule has 0 saturated carbocycles. The number of nitrogens with zero attached hydrogens (tertiary/aromatic N) is 2. The first-order valence-electron chi connectivity index (χ1n) is 9.05. The maximum absolute atomic E-state index is 13.1. The van der Waals surface area contributed by atoms with Gasteiger partial charge in [-0.15, -0.1) is 11.3 Å². The van der Waals surface area contributed by atoms with Crippen molar-refractivity contribution in [2.24, 2.45) is 0 Å². The predicted octanol–water partition coefficient (Wildman–Crippen LogP) is 4.52. The topological polar surface area (TPSA) is 87.6 Å². The van der Waals surface area contributed by atoms with E-state index in [1.807, 2.05) is 31.2 Å². The third-order valence-corrected chi connectivity index (χ3v) is 7.20. The molecule has 0 aliphatic carbocycles. The van der Waals surface area contributed by atoms with Crippen LogP contribution in [0.2, 0.25) is 0 Å². The van der Waals surface area contributed by atoms with Gasteiger partial charge in [-0.25, -0.2) is 17.7 Å². The quantitative estimate of drug-likeness (QED) is 0.595. The molecule has 3 rings (SSSR count). The number of aromatic nitrogens is 1. The molecule has 2 aromatic carbocycles. The molecule has 1 N–H and O–H groups in total. The Morgan fingerprint density at radius 2 is 1.72 bits per heavy atom. The molecular formula is C21H22N2O4S2. The fraction of sp³-hybridized carbons (Fsp3) is 0.238. The van der Waals surface area contributed by atoms with E-state index in [2.05, 4.69) is 18.8 Å². The number of hydrogen-bond donors (Lipinski definition) is 1. The molecule has 29 heavy (non-hydrogen) atoms. The lowest BCUT2D eigenvalue weighted by Crippen LogP contribution is -2.35. The molecule has 3 aromatic rings. The number of thiazole rings is 1. The summed E-state index contributed by atoms with van der Waals surface area (Å²) in [4.78, 5) is 15.8. The second kappa shape index (κ2) is 8.34. The van der Waals surface area contributed by atoms with Crippen molar-refractivity contribution in [2.75, 3.05) is 10.8 Å². The lowest BCUT2D eigenvalue weighted by Gasteiger charge is -2.19. The number of aliphatic carboxylic acids is 1. The monoisotopic (exact) mass is 430 g/mol. The fourth-order valence-corrected chi connectivity index (χ4v) is 5.19. The van der Waals surface area contributed by atoms with Gasteiger partial charge in [0, 0.05) is 10.9 Å². The smallest absolute Gasteiger partial charge is 0.324 e. The number of carboxylic acid groups (broad SMARTS) is 1. The minimum absolute atomic E-state index is 0.0300. The van der Waals surface area contributed by atoms with Crippen LogP contribution in [-0.2, 0) is 14.8 Å². The maximum atomic E-state index is 13.1. The summed E-state index contributed by atoms with van der Waals surface area (Å²) in [6, 6.07) is 14.2. The SMILES string of the molecule is Cc1ccc(S(=O)(=O)N(CC(=O)O)c2nc(-c3ccc(C(C)C)cc3)cs2)cc1. The van der Waals surface area contributed by atoms with Crippen molar-refractivity contribution in [3.05, 3.63) is 65.0 Å². The number of carbonyl (C=O) groups is 1. The van der Waals surface area contributed by atoms with Gasteiger partial charge in [-0.05, 0) is 30.5 Å². The standard InChI is InChI=1S/C21H22N2O4S2/c1-14(2)16-6-8-17(9-7-16)19-13-28-21(22-19)23(12-20(24)25)29(26,27)18-10-4-15(3)5-11-18/h4-11,13-14H,12H2,1-3H3,(H,24,25). The predicted molar refractivity (Wildman–Crippen MR) is 115 cm³/mol. The van der Waals surface area contributed by atoms with E-state index in [1.54, 1.807) is 17.5 Å². The van der Waals surface area contributed by atoms with Crippen molar-refractivity contribution in [3.63, 3.8) is 0 Å². The highest BCUT2D eigenvalue weighted by Gasteiger charge is 2.29.